The Morgan fingerprint density at radius 3 is 2.35 bits per heavy atom. The van der Waals surface area contributed by atoms with Crippen LogP contribution in [-0.2, 0) is 11.8 Å². The summed E-state index contributed by atoms with van der Waals surface area (Å²) in [6.07, 6.45) is 1.72. The van der Waals surface area contributed by atoms with Gasteiger partial charge in [-0.1, -0.05) is 94.4 Å². The van der Waals surface area contributed by atoms with E-state index in [4.69, 9.17) is 0 Å². The van der Waals surface area contributed by atoms with E-state index < -0.39 is 0 Å². The third-order valence-electron chi connectivity index (χ3n) is 5.48. The van der Waals surface area contributed by atoms with E-state index in [-0.39, 0.29) is 11.7 Å². The molecule has 0 aliphatic heterocycles. The predicted octanol–water partition coefficient (Wildman–Crippen LogP) is 5.79. The first kappa shape index (κ1) is 22.3. The number of carbonyl (C=O) groups excluding carboxylic acids is 1. The van der Waals surface area contributed by atoms with Crippen molar-refractivity contribution < 1.29 is 4.79 Å². The van der Waals surface area contributed by atoms with Gasteiger partial charge in [-0.15, -0.1) is 10.2 Å². The molecule has 0 fully saturated rings. The second-order valence-corrected chi connectivity index (χ2v) is 9.46. The molecule has 0 atom stereocenters. The van der Waals surface area contributed by atoms with E-state index in [1.165, 1.54) is 11.8 Å². The van der Waals surface area contributed by atoms with Gasteiger partial charge in [-0.2, -0.15) is 5.10 Å². The van der Waals surface area contributed by atoms with Crippen LogP contribution in [-0.4, -0.2) is 32.6 Å². The summed E-state index contributed by atoms with van der Waals surface area (Å²) in [6, 6.07) is 26.3. The van der Waals surface area contributed by atoms with Gasteiger partial charge in [-0.05, 0) is 33.7 Å². The van der Waals surface area contributed by atoms with Gasteiger partial charge >= 0.3 is 0 Å². The molecule has 5 aromatic rings. The zero-order chi connectivity index (χ0) is 23.5. The van der Waals surface area contributed by atoms with Gasteiger partial charge in [-0.25, -0.2) is 5.43 Å². The number of hydrogen-bond acceptors (Lipinski definition) is 5. The maximum Gasteiger partial charge on any atom is 0.250 e. The Bertz CT molecular complexity index is 1490. The molecule has 34 heavy (non-hydrogen) atoms. The van der Waals surface area contributed by atoms with Gasteiger partial charge in [0.15, 0.2) is 11.0 Å². The lowest BCUT2D eigenvalue weighted by Crippen LogP contribution is -2.20. The summed E-state index contributed by atoms with van der Waals surface area (Å²) in [4.78, 5) is 12.5. The van der Waals surface area contributed by atoms with Gasteiger partial charge in [-0.3, -0.25) is 4.79 Å². The van der Waals surface area contributed by atoms with Crippen molar-refractivity contribution in [2.45, 2.75) is 5.16 Å². The number of nitrogens with one attached hydrogen (secondary N) is 1. The maximum absolute atomic E-state index is 12.5. The molecule has 6 nitrogen and oxygen atoms in total. The second-order valence-electron chi connectivity index (χ2n) is 7.66. The standard InChI is InChI=1S/C26H20BrN5OS/c1-32-25(21-12-6-7-13-23(21)27)30-31-26(32)34-16-24(33)29-28-15-22-19-10-4-2-8-17(19)14-18-9-3-5-11-20(18)22/h2-15H,16H2,1H3,(H,29,33). The van der Waals surface area contributed by atoms with Gasteiger partial charge in [0.2, 0.25) is 0 Å². The van der Waals surface area contributed by atoms with E-state index in [1.807, 2.05) is 60.1 Å². The van der Waals surface area contributed by atoms with Crippen LogP contribution in [0.25, 0.3) is 32.9 Å². The van der Waals surface area contributed by atoms with Gasteiger partial charge in [0.25, 0.3) is 5.91 Å². The number of rotatable bonds is 6. The van der Waals surface area contributed by atoms with Crippen LogP contribution >= 0.6 is 27.7 Å². The average molecular weight is 530 g/mol. The first-order valence-electron chi connectivity index (χ1n) is 10.6. The number of benzene rings is 4. The van der Waals surface area contributed by atoms with Crippen molar-refractivity contribution in [2.75, 3.05) is 5.75 Å². The fourth-order valence-electron chi connectivity index (χ4n) is 3.84. The summed E-state index contributed by atoms with van der Waals surface area (Å²) in [5.74, 6) is 0.697. The van der Waals surface area contributed by atoms with Crippen LogP contribution in [0.4, 0.5) is 0 Å². The van der Waals surface area contributed by atoms with Gasteiger partial charge < -0.3 is 4.57 Å². The number of hydrogen-bond donors (Lipinski definition) is 1. The van der Waals surface area contributed by atoms with Crippen LogP contribution in [0.5, 0.6) is 0 Å². The third-order valence-corrected chi connectivity index (χ3v) is 7.19. The highest BCUT2D eigenvalue weighted by atomic mass is 79.9. The lowest BCUT2D eigenvalue weighted by molar-refractivity contribution is -0.118. The Balaban J connectivity index is 1.29. The number of halogens is 1. The van der Waals surface area contributed by atoms with Crippen LogP contribution in [0, 0.1) is 0 Å². The minimum absolute atomic E-state index is 0.176. The minimum Gasteiger partial charge on any atom is -0.305 e. The Kier molecular flexibility index (Phi) is 6.42. The van der Waals surface area contributed by atoms with Crippen molar-refractivity contribution in [1.82, 2.24) is 20.2 Å². The van der Waals surface area contributed by atoms with E-state index in [1.54, 1.807) is 6.21 Å². The summed E-state index contributed by atoms with van der Waals surface area (Å²) in [7, 11) is 1.89. The molecule has 0 bridgehead atoms. The molecule has 4 aromatic carbocycles. The monoisotopic (exact) mass is 529 g/mol. The van der Waals surface area contributed by atoms with Crippen LogP contribution in [0.1, 0.15) is 5.56 Å². The zero-order valence-electron chi connectivity index (χ0n) is 18.3. The van der Waals surface area contributed by atoms with Gasteiger partial charge in [0.05, 0.1) is 12.0 Å². The van der Waals surface area contributed by atoms with Crippen molar-refractivity contribution >= 4 is 61.4 Å². The first-order chi connectivity index (χ1) is 16.6. The molecular weight excluding hydrogens is 510 g/mol. The van der Waals surface area contributed by atoms with E-state index in [2.05, 4.69) is 67.0 Å². The zero-order valence-corrected chi connectivity index (χ0v) is 20.7. The van der Waals surface area contributed by atoms with Crippen molar-refractivity contribution in [3.05, 3.63) is 88.9 Å². The second kappa shape index (κ2) is 9.79. The molecule has 0 radical (unpaired) electrons. The largest absolute Gasteiger partial charge is 0.305 e. The average Bonchev–Trinajstić information content (AvgIpc) is 3.22. The highest BCUT2D eigenvalue weighted by Crippen LogP contribution is 2.29. The molecule has 5 rings (SSSR count). The van der Waals surface area contributed by atoms with Crippen molar-refractivity contribution in [2.24, 2.45) is 12.1 Å². The highest BCUT2D eigenvalue weighted by Gasteiger charge is 2.14. The summed E-state index contributed by atoms with van der Waals surface area (Å²) >= 11 is 4.86. The number of nitrogens with zero attached hydrogens (tertiary/aromatic N) is 4. The summed E-state index contributed by atoms with van der Waals surface area (Å²) < 4.78 is 2.82. The summed E-state index contributed by atoms with van der Waals surface area (Å²) in [6.45, 7) is 0. The molecule has 1 aromatic heterocycles. The molecule has 8 heteroatoms. The van der Waals surface area contributed by atoms with E-state index in [0.717, 1.165) is 43.0 Å². The Morgan fingerprint density at radius 2 is 1.65 bits per heavy atom. The number of thioether (sulfide) groups is 1. The fourth-order valence-corrected chi connectivity index (χ4v) is 5.00. The van der Waals surface area contributed by atoms with Crippen molar-refractivity contribution in [3.63, 3.8) is 0 Å². The first-order valence-corrected chi connectivity index (χ1v) is 12.4. The SMILES string of the molecule is Cn1c(SCC(=O)NN=Cc2c3ccccc3cc3ccccc23)nnc1-c1ccccc1Br. The molecule has 1 heterocycles. The summed E-state index contributed by atoms with van der Waals surface area (Å²) in [5, 5.41) is 17.9. The predicted molar refractivity (Wildman–Crippen MR) is 142 cm³/mol. The van der Waals surface area contributed by atoms with E-state index in [0.29, 0.717) is 5.16 Å². The topological polar surface area (TPSA) is 72.2 Å². The Hall–Kier alpha value is -3.49. The molecular formula is C26H20BrN5OS. The number of aromatic nitrogens is 3. The van der Waals surface area contributed by atoms with E-state index in [9.17, 15) is 4.79 Å². The fraction of sp³-hybridized carbons (Fsp3) is 0.0769. The minimum atomic E-state index is -0.212. The smallest absolute Gasteiger partial charge is 0.250 e. The molecule has 1 N–H and O–H groups in total. The molecule has 168 valence electrons. The lowest BCUT2D eigenvalue weighted by atomic mass is 9.97. The Labute approximate surface area is 209 Å². The molecule has 0 spiro atoms. The van der Waals surface area contributed by atoms with Crippen LogP contribution in [0.2, 0.25) is 0 Å². The quantitative estimate of drug-likeness (QED) is 0.131. The van der Waals surface area contributed by atoms with Gasteiger partial charge in [0.1, 0.15) is 0 Å². The number of amides is 1. The molecule has 1 amide bonds. The Morgan fingerprint density at radius 1 is 1.00 bits per heavy atom. The van der Waals surface area contributed by atoms with Crippen molar-refractivity contribution in [3.8, 4) is 11.4 Å². The third kappa shape index (κ3) is 4.47. The number of carbonyl (C=O) groups is 1. The highest BCUT2D eigenvalue weighted by molar-refractivity contribution is 9.10. The molecule has 0 saturated heterocycles. The number of hydrazone groups is 1. The van der Waals surface area contributed by atoms with Crippen LogP contribution in [0.15, 0.2) is 93.6 Å². The van der Waals surface area contributed by atoms with Crippen LogP contribution < -0.4 is 5.43 Å². The van der Waals surface area contributed by atoms with E-state index >= 15 is 0 Å². The molecule has 0 saturated carbocycles. The molecule has 0 aliphatic rings. The van der Waals surface area contributed by atoms with Gasteiger partial charge in [0, 0.05) is 22.6 Å². The van der Waals surface area contributed by atoms with Crippen molar-refractivity contribution in [1.29, 1.82) is 0 Å². The molecule has 0 unspecified atom stereocenters. The maximum atomic E-state index is 12.5. The summed E-state index contributed by atoms with van der Waals surface area (Å²) in [5.41, 5.74) is 4.57. The lowest BCUT2D eigenvalue weighted by Gasteiger charge is -2.08. The number of fused-ring (bicyclic) bond motifs is 2. The normalized spacial score (nSPS) is 11.5. The molecule has 0 aliphatic carbocycles. The van der Waals surface area contributed by atoms with Crippen LogP contribution in [0.3, 0.4) is 0 Å².